The van der Waals surface area contributed by atoms with Gasteiger partial charge in [-0.15, -0.1) is 0 Å². The molecule has 1 aliphatic carbocycles. The molecule has 1 atom stereocenters. The topological polar surface area (TPSA) is 96.0 Å². The van der Waals surface area contributed by atoms with Crippen LogP contribution in [0.3, 0.4) is 0 Å². The Morgan fingerprint density at radius 1 is 0.809 bits per heavy atom. The maximum atomic E-state index is 14.2. The second-order valence-electron chi connectivity index (χ2n) is 12.1. The average Bonchev–Trinajstić information content (AvgIpc) is 3.09. The summed E-state index contributed by atoms with van der Waals surface area (Å²) in [5, 5.41) is 3.15. The Balaban J connectivity index is 1.43. The molecule has 1 N–H and O–H groups in total. The molecule has 0 radical (unpaired) electrons. The maximum absolute atomic E-state index is 14.2. The van der Waals surface area contributed by atoms with Crippen LogP contribution in [0.4, 0.5) is 5.69 Å². The minimum atomic E-state index is -4.16. The molecule has 1 fully saturated rings. The van der Waals surface area contributed by atoms with Gasteiger partial charge in [0.1, 0.15) is 24.1 Å². The lowest BCUT2D eigenvalue weighted by atomic mass is 9.95. The minimum absolute atomic E-state index is 0.0689. The third-order valence-electron chi connectivity index (χ3n) is 8.59. The molecule has 0 bridgehead atoms. The maximum Gasteiger partial charge on any atom is 0.264 e. The van der Waals surface area contributed by atoms with Gasteiger partial charge in [-0.05, 0) is 87.2 Å². The second-order valence-corrected chi connectivity index (χ2v) is 13.9. The molecule has 0 aliphatic heterocycles. The zero-order valence-corrected chi connectivity index (χ0v) is 27.9. The molecule has 0 heterocycles. The molecule has 246 valence electrons. The van der Waals surface area contributed by atoms with Crippen LogP contribution in [0.1, 0.15) is 50.2 Å². The van der Waals surface area contributed by atoms with Gasteiger partial charge in [-0.25, -0.2) is 8.42 Å². The van der Waals surface area contributed by atoms with Crippen LogP contribution in [-0.2, 0) is 26.0 Å². The monoisotopic (exact) mass is 653 g/mol. The number of sulfonamides is 1. The Bertz CT molecular complexity index is 1710. The SMILES string of the molecule is Cc1ccc(S(=O)(=O)N(CC(=O)N(CCc2ccccc2)[C@H](C)C(=O)NC2CCCCC2)c2ccc(Oc3ccccc3)cc2)cc1. The first-order chi connectivity index (χ1) is 22.7. The molecule has 4 aromatic carbocycles. The van der Waals surface area contributed by atoms with Crippen LogP contribution in [0.2, 0.25) is 0 Å². The van der Waals surface area contributed by atoms with Gasteiger partial charge in [0, 0.05) is 12.6 Å². The van der Waals surface area contributed by atoms with Crippen molar-refractivity contribution in [3.63, 3.8) is 0 Å². The van der Waals surface area contributed by atoms with E-state index in [1.165, 1.54) is 4.90 Å². The van der Waals surface area contributed by atoms with E-state index in [-0.39, 0.29) is 23.4 Å². The highest BCUT2D eigenvalue weighted by molar-refractivity contribution is 7.92. The van der Waals surface area contributed by atoms with Crippen LogP contribution in [0.15, 0.2) is 114 Å². The van der Waals surface area contributed by atoms with Gasteiger partial charge in [-0.2, -0.15) is 0 Å². The van der Waals surface area contributed by atoms with Crippen LogP contribution in [0, 0.1) is 6.92 Å². The van der Waals surface area contributed by atoms with Gasteiger partial charge in [-0.1, -0.05) is 85.5 Å². The summed E-state index contributed by atoms with van der Waals surface area (Å²) < 4.78 is 35.4. The number of amides is 2. The van der Waals surface area contributed by atoms with Crippen molar-refractivity contribution in [2.75, 3.05) is 17.4 Å². The number of carbonyl (C=O) groups excluding carboxylic acids is 2. The Morgan fingerprint density at radius 2 is 1.40 bits per heavy atom. The second kappa shape index (κ2) is 15.8. The molecule has 1 saturated carbocycles. The van der Waals surface area contributed by atoms with Crippen molar-refractivity contribution in [1.82, 2.24) is 10.2 Å². The Hall–Kier alpha value is -4.63. The number of rotatable bonds is 13. The standard InChI is InChI=1S/C38H43N3O5S/c1-29-18-24-36(25-19-29)47(44,45)41(33-20-22-35(23-21-33)46-34-16-10-5-11-17-34)28-37(42)40(27-26-31-12-6-3-7-13-31)30(2)38(43)39-32-14-8-4-9-15-32/h3,5-7,10-13,16-25,30,32H,4,8-9,14-15,26-28H2,1-2H3,(H,39,43)/t30-/m1/s1. The molecule has 0 saturated heterocycles. The van der Waals surface area contributed by atoms with E-state index in [9.17, 15) is 18.0 Å². The van der Waals surface area contributed by atoms with Crippen LogP contribution in [0.5, 0.6) is 11.5 Å². The Morgan fingerprint density at radius 3 is 2.04 bits per heavy atom. The van der Waals surface area contributed by atoms with Gasteiger partial charge in [0.25, 0.3) is 10.0 Å². The van der Waals surface area contributed by atoms with Crippen molar-refractivity contribution >= 4 is 27.5 Å². The van der Waals surface area contributed by atoms with E-state index in [0.29, 0.717) is 23.6 Å². The molecule has 8 nitrogen and oxygen atoms in total. The normalized spacial score (nSPS) is 14.2. The summed E-state index contributed by atoms with van der Waals surface area (Å²) in [5.74, 6) is 0.478. The number of hydrogen-bond acceptors (Lipinski definition) is 5. The van der Waals surface area contributed by atoms with E-state index in [4.69, 9.17) is 4.74 Å². The Labute approximate surface area is 278 Å². The van der Waals surface area contributed by atoms with Crippen LogP contribution in [-0.4, -0.2) is 50.3 Å². The van der Waals surface area contributed by atoms with E-state index in [1.807, 2.05) is 67.6 Å². The van der Waals surface area contributed by atoms with E-state index >= 15 is 0 Å². The third kappa shape index (κ3) is 9.01. The molecular formula is C38H43N3O5S. The van der Waals surface area contributed by atoms with E-state index in [0.717, 1.165) is 47.5 Å². The predicted octanol–water partition coefficient (Wildman–Crippen LogP) is 6.89. The lowest BCUT2D eigenvalue weighted by molar-refractivity contribution is -0.139. The molecule has 0 spiro atoms. The summed E-state index contributed by atoms with van der Waals surface area (Å²) in [5.41, 5.74) is 2.24. The van der Waals surface area contributed by atoms with Crippen molar-refractivity contribution in [2.24, 2.45) is 0 Å². The lowest BCUT2D eigenvalue weighted by Gasteiger charge is -2.33. The Kier molecular flexibility index (Phi) is 11.3. The van der Waals surface area contributed by atoms with Crippen LogP contribution >= 0.6 is 0 Å². The van der Waals surface area contributed by atoms with E-state index in [1.54, 1.807) is 55.5 Å². The third-order valence-corrected chi connectivity index (χ3v) is 10.4. The summed E-state index contributed by atoms with van der Waals surface area (Å²) in [6, 6.07) is 31.5. The fourth-order valence-corrected chi connectivity index (χ4v) is 7.22. The number of nitrogens with zero attached hydrogens (tertiary/aromatic N) is 2. The van der Waals surface area contributed by atoms with Gasteiger partial charge < -0.3 is 15.0 Å². The first kappa shape index (κ1) is 33.7. The number of benzene rings is 4. The number of nitrogens with one attached hydrogen (secondary N) is 1. The average molecular weight is 654 g/mol. The smallest absolute Gasteiger partial charge is 0.264 e. The summed E-state index contributed by atoms with van der Waals surface area (Å²) in [7, 11) is -4.16. The van der Waals surface area contributed by atoms with E-state index in [2.05, 4.69) is 5.32 Å². The molecule has 1 aliphatic rings. The van der Waals surface area contributed by atoms with Crippen LogP contribution < -0.4 is 14.4 Å². The summed E-state index contributed by atoms with van der Waals surface area (Å²) >= 11 is 0. The number of anilines is 1. The fourth-order valence-electron chi connectivity index (χ4n) is 5.81. The molecule has 2 amide bonds. The number of hydrogen-bond donors (Lipinski definition) is 1. The van der Waals surface area contributed by atoms with Crippen molar-refractivity contribution < 1.29 is 22.7 Å². The summed E-state index contributed by atoms with van der Waals surface area (Å²) in [6.07, 6.45) is 5.65. The number of para-hydroxylation sites is 1. The fraction of sp³-hybridized carbons (Fsp3) is 0.316. The molecule has 4 aromatic rings. The molecule has 9 heteroatoms. The zero-order chi connectivity index (χ0) is 33.2. The summed E-state index contributed by atoms with van der Waals surface area (Å²) in [4.78, 5) is 29.3. The first-order valence-electron chi connectivity index (χ1n) is 16.3. The minimum Gasteiger partial charge on any atom is -0.457 e. The number of ether oxygens (including phenoxy) is 1. The van der Waals surface area contributed by atoms with Gasteiger partial charge in [0.15, 0.2) is 0 Å². The molecule has 47 heavy (non-hydrogen) atoms. The number of carbonyl (C=O) groups is 2. The van der Waals surface area contributed by atoms with Gasteiger partial charge in [0.2, 0.25) is 11.8 Å². The van der Waals surface area contributed by atoms with Crippen molar-refractivity contribution in [2.45, 2.75) is 69.4 Å². The van der Waals surface area contributed by atoms with Crippen molar-refractivity contribution in [1.29, 1.82) is 0 Å². The zero-order valence-electron chi connectivity index (χ0n) is 27.0. The molecule has 0 aromatic heterocycles. The van der Waals surface area contributed by atoms with Gasteiger partial charge in [0.05, 0.1) is 10.6 Å². The largest absolute Gasteiger partial charge is 0.457 e. The van der Waals surface area contributed by atoms with Gasteiger partial charge >= 0.3 is 0 Å². The van der Waals surface area contributed by atoms with Crippen molar-refractivity contribution in [3.05, 3.63) is 120 Å². The lowest BCUT2D eigenvalue weighted by Crippen LogP contribution is -2.53. The highest BCUT2D eigenvalue weighted by atomic mass is 32.2. The molecular weight excluding hydrogens is 611 g/mol. The van der Waals surface area contributed by atoms with E-state index < -0.39 is 28.5 Å². The van der Waals surface area contributed by atoms with Crippen molar-refractivity contribution in [3.8, 4) is 11.5 Å². The quantitative estimate of drug-likeness (QED) is 0.170. The van der Waals surface area contributed by atoms with Gasteiger partial charge in [-0.3, -0.25) is 13.9 Å². The molecule has 5 rings (SSSR count). The molecule has 0 unspecified atom stereocenters. The predicted molar refractivity (Wildman–Crippen MR) is 185 cm³/mol. The first-order valence-corrected chi connectivity index (χ1v) is 17.7. The number of aryl methyl sites for hydroxylation is 1. The highest BCUT2D eigenvalue weighted by Crippen LogP contribution is 2.29. The summed E-state index contributed by atoms with van der Waals surface area (Å²) in [6.45, 7) is 3.37. The van der Waals surface area contributed by atoms with Crippen LogP contribution in [0.25, 0.3) is 0 Å². The highest BCUT2D eigenvalue weighted by Gasteiger charge is 2.33.